The number of carbonyl (C=O) groups excluding carboxylic acids is 3. The van der Waals surface area contributed by atoms with Gasteiger partial charge in [0, 0.05) is 30.4 Å². The summed E-state index contributed by atoms with van der Waals surface area (Å²) >= 11 is 0. The van der Waals surface area contributed by atoms with Gasteiger partial charge in [0.15, 0.2) is 18.2 Å². The Hall–Kier alpha value is -5.18. The number of methoxy groups -OCH3 is 1. The fourth-order valence-electron chi connectivity index (χ4n) is 4.63. The van der Waals surface area contributed by atoms with Crippen LogP contribution in [-0.4, -0.2) is 84.7 Å². The minimum atomic E-state index is -0.579. The molecule has 5 heterocycles. The number of hydrogen-bond donors (Lipinski definition) is 3. The lowest BCUT2D eigenvalue weighted by molar-refractivity contribution is -0.118. The zero-order valence-electron chi connectivity index (χ0n) is 26.1. The van der Waals surface area contributed by atoms with Crippen LogP contribution in [-0.2, 0) is 20.8 Å². The van der Waals surface area contributed by atoms with Gasteiger partial charge in [0.2, 0.25) is 5.88 Å². The second-order valence-corrected chi connectivity index (χ2v) is 11.5. The summed E-state index contributed by atoms with van der Waals surface area (Å²) in [6.07, 6.45) is 0.941. The molecule has 3 aromatic heterocycles. The van der Waals surface area contributed by atoms with Crippen LogP contribution in [0.2, 0.25) is 0 Å². The summed E-state index contributed by atoms with van der Waals surface area (Å²) in [5.74, 6) is 1.73. The van der Waals surface area contributed by atoms with Crippen LogP contribution in [0.5, 0.6) is 17.4 Å². The monoisotopic (exact) mass is 635 g/mol. The Bertz CT molecular complexity index is 1580. The van der Waals surface area contributed by atoms with Crippen LogP contribution < -0.4 is 35.1 Å². The van der Waals surface area contributed by atoms with Crippen molar-refractivity contribution in [2.24, 2.45) is 0 Å². The molecule has 3 N–H and O–H groups in total. The number of amides is 3. The number of hydrogen-bond acceptors (Lipinski definition) is 12. The summed E-state index contributed by atoms with van der Waals surface area (Å²) in [5.41, 5.74) is 1.67. The maximum absolute atomic E-state index is 12.5. The number of nitrogens with one attached hydrogen (secondary N) is 3. The largest absolute Gasteiger partial charge is 0.491 e. The number of aromatic nitrogens is 3. The van der Waals surface area contributed by atoms with Gasteiger partial charge >= 0.3 is 12.2 Å². The lowest BCUT2D eigenvalue weighted by Gasteiger charge is -2.19. The fourth-order valence-corrected chi connectivity index (χ4v) is 4.63. The van der Waals surface area contributed by atoms with E-state index in [1.54, 1.807) is 51.2 Å². The minimum Gasteiger partial charge on any atom is -0.491 e. The Morgan fingerprint density at radius 3 is 2.78 bits per heavy atom. The van der Waals surface area contributed by atoms with Crippen LogP contribution in [0.4, 0.5) is 21.2 Å². The standard InChI is InChI=1S/C31H37N7O8/c1-31(2,3)46-29(40)34-11-12-43-22-14-23(35-27(15-22)42-4)19-7-10-33-20(13-19)16-32-9-8-21-17-38(30(41)45-21)25-6-5-24-28(36-25)37-26(39)18-44-24/h5-7,10,13-15,21,32H,8-9,11-12,16-18H2,1-4H3,(H,34,40)(H,36,37,39)/t21-/m0/s1. The van der Waals surface area contributed by atoms with Gasteiger partial charge in [0.25, 0.3) is 5.91 Å². The molecule has 0 bridgehead atoms. The van der Waals surface area contributed by atoms with Crippen molar-refractivity contribution in [2.75, 3.05) is 50.2 Å². The van der Waals surface area contributed by atoms with Gasteiger partial charge in [-0.05, 0) is 58.0 Å². The van der Waals surface area contributed by atoms with Gasteiger partial charge in [0.1, 0.15) is 29.9 Å². The molecular weight excluding hydrogens is 598 g/mol. The summed E-state index contributed by atoms with van der Waals surface area (Å²) < 4.78 is 27.3. The number of ether oxygens (including phenoxy) is 5. The molecule has 0 saturated carbocycles. The van der Waals surface area contributed by atoms with Crippen molar-refractivity contribution in [3.05, 3.63) is 48.3 Å². The molecule has 3 amide bonds. The molecule has 2 aliphatic rings. The predicted molar refractivity (Wildman–Crippen MR) is 166 cm³/mol. The van der Waals surface area contributed by atoms with E-state index in [1.165, 1.54) is 12.0 Å². The van der Waals surface area contributed by atoms with Crippen molar-refractivity contribution in [1.82, 2.24) is 25.6 Å². The van der Waals surface area contributed by atoms with E-state index in [0.29, 0.717) is 54.9 Å². The number of alkyl carbamates (subject to hydrolysis) is 1. The summed E-state index contributed by atoms with van der Waals surface area (Å²) in [5, 5.41) is 8.66. The van der Waals surface area contributed by atoms with E-state index in [9.17, 15) is 14.4 Å². The average molecular weight is 636 g/mol. The summed E-state index contributed by atoms with van der Waals surface area (Å²) in [7, 11) is 1.53. The van der Waals surface area contributed by atoms with Crippen molar-refractivity contribution in [1.29, 1.82) is 0 Å². The highest BCUT2D eigenvalue weighted by atomic mass is 16.6. The highest BCUT2D eigenvalue weighted by molar-refractivity contribution is 5.95. The fraction of sp³-hybridized carbons (Fsp3) is 0.419. The molecule has 0 aliphatic carbocycles. The molecule has 1 atom stereocenters. The van der Waals surface area contributed by atoms with Gasteiger partial charge in [-0.15, -0.1) is 0 Å². The van der Waals surface area contributed by atoms with Gasteiger partial charge in [-0.25, -0.2) is 19.6 Å². The van der Waals surface area contributed by atoms with E-state index in [4.69, 9.17) is 23.7 Å². The average Bonchev–Trinajstić information content (AvgIpc) is 3.40. The van der Waals surface area contributed by atoms with E-state index in [1.807, 2.05) is 12.1 Å². The van der Waals surface area contributed by atoms with Crippen molar-refractivity contribution in [2.45, 2.75) is 45.4 Å². The lowest BCUT2D eigenvalue weighted by Crippen LogP contribution is -2.34. The summed E-state index contributed by atoms with van der Waals surface area (Å²) in [6, 6.07) is 10.6. The molecule has 0 aromatic carbocycles. The molecular formula is C31H37N7O8. The van der Waals surface area contributed by atoms with Gasteiger partial charge in [-0.2, -0.15) is 0 Å². The number of carbonyl (C=O) groups is 3. The molecule has 46 heavy (non-hydrogen) atoms. The topological polar surface area (TPSA) is 175 Å². The maximum atomic E-state index is 12.5. The van der Waals surface area contributed by atoms with E-state index < -0.39 is 17.8 Å². The van der Waals surface area contributed by atoms with E-state index in [-0.39, 0.29) is 37.6 Å². The molecule has 0 spiro atoms. The molecule has 0 radical (unpaired) electrons. The van der Waals surface area contributed by atoms with Gasteiger partial charge < -0.3 is 39.6 Å². The van der Waals surface area contributed by atoms with Crippen LogP contribution in [0.3, 0.4) is 0 Å². The van der Waals surface area contributed by atoms with Crippen molar-refractivity contribution < 1.29 is 38.1 Å². The zero-order chi connectivity index (χ0) is 32.7. The van der Waals surface area contributed by atoms with Crippen LogP contribution in [0.15, 0.2) is 42.6 Å². The highest BCUT2D eigenvalue weighted by Crippen LogP contribution is 2.30. The molecule has 1 saturated heterocycles. The first-order valence-corrected chi connectivity index (χ1v) is 14.8. The Morgan fingerprint density at radius 2 is 1.98 bits per heavy atom. The van der Waals surface area contributed by atoms with Crippen LogP contribution in [0, 0.1) is 0 Å². The summed E-state index contributed by atoms with van der Waals surface area (Å²) in [6.45, 7) is 7.20. The van der Waals surface area contributed by atoms with Crippen molar-refractivity contribution in [3.63, 3.8) is 0 Å². The molecule has 15 heteroatoms. The van der Waals surface area contributed by atoms with Crippen molar-refractivity contribution >= 4 is 29.7 Å². The zero-order valence-corrected chi connectivity index (χ0v) is 26.1. The normalized spacial score (nSPS) is 15.7. The first-order chi connectivity index (χ1) is 22.1. The number of pyridine rings is 3. The molecule has 15 nitrogen and oxygen atoms in total. The summed E-state index contributed by atoms with van der Waals surface area (Å²) in [4.78, 5) is 50.8. The van der Waals surface area contributed by atoms with E-state index >= 15 is 0 Å². The first-order valence-electron chi connectivity index (χ1n) is 14.8. The van der Waals surface area contributed by atoms with E-state index in [0.717, 1.165) is 11.3 Å². The van der Waals surface area contributed by atoms with E-state index in [2.05, 4.69) is 30.9 Å². The third-order valence-corrected chi connectivity index (χ3v) is 6.70. The van der Waals surface area contributed by atoms with Crippen LogP contribution in [0.1, 0.15) is 32.9 Å². The van der Waals surface area contributed by atoms with Gasteiger partial charge in [-0.1, -0.05) is 0 Å². The Kier molecular flexibility index (Phi) is 10.0. The number of cyclic esters (lactones) is 1. The smallest absolute Gasteiger partial charge is 0.415 e. The minimum absolute atomic E-state index is 0.0690. The molecule has 1 fully saturated rings. The molecule has 5 rings (SSSR count). The number of fused-ring (bicyclic) bond motifs is 1. The van der Waals surface area contributed by atoms with Gasteiger partial charge in [0.05, 0.1) is 31.6 Å². The van der Waals surface area contributed by atoms with Crippen LogP contribution >= 0.6 is 0 Å². The quantitative estimate of drug-likeness (QED) is 0.248. The number of anilines is 2. The lowest BCUT2D eigenvalue weighted by atomic mass is 10.1. The molecule has 0 unspecified atom stereocenters. The second kappa shape index (κ2) is 14.3. The second-order valence-electron chi connectivity index (χ2n) is 11.5. The third kappa shape index (κ3) is 8.72. The Morgan fingerprint density at radius 1 is 1.13 bits per heavy atom. The predicted octanol–water partition coefficient (Wildman–Crippen LogP) is 3.29. The van der Waals surface area contributed by atoms with Crippen molar-refractivity contribution in [3.8, 4) is 28.6 Å². The SMILES string of the molecule is COc1cc(OCCNC(=O)OC(C)(C)C)cc(-c2ccnc(CNCC[C@H]3CN(c4ccc5c(n4)NC(=O)CO5)C(=O)O3)c2)n1. The molecule has 2 aliphatic heterocycles. The first kappa shape index (κ1) is 32.2. The Labute approximate surface area is 265 Å². The molecule has 244 valence electrons. The number of rotatable bonds is 12. The highest BCUT2D eigenvalue weighted by Gasteiger charge is 2.33. The number of nitrogens with zero attached hydrogens (tertiary/aromatic N) is 4. The molecule has 3 aromatic rings. The van der Waals surface area contributed by atoms with Gasteiger partial charge in [-0.3, -0.25) is 14.7 Å². The maximum Gasteiger partial charge on any atom is 0.415 e. The Balaban J connectivity index is 1.11. The van der Waals surface area contributed by atoms with Crippen LogP contribution in [0.25, 0.3) is 11.3 Å². The third-order valence-electron chi connectivity index (χ3n) is 6.70.